The van der Waals surface area contributed by atoms with Crippen molar-refractivity contribution in [2.75, 3.05) is 0 Å². The smallest absolute Gasteiger partial charge is 0.330 e. The highest BCUT2D eigenvalue weighted by atomic mass is 35.5. The molecule has 0 spiro atoms. The lowest BCUT2D eigenvalue weighted by molar-refractivity contribution is -0.141. The monoisotopic (exact) mass is 481 g/mol. The second kappa shape index (κ2) is 8.61. The minimum Gasteiger partial charge on any atom is -0.480 e. The van der Waals surface area contributed by atoms with Crippen LogP contribution < -0.4 is 0 Å². The fourth-order valence-electron chi connectivity index (χ4n) is 2.83. The van der Waals surface area contributed by atoms with Gasteiger partial charge in [0, 0.05) is 6.20 Å². The van der Waals surface area contributed by atoms with Crippen molar-refractivity contribution in [2.45, 2.75) is 25.9 Å². The van der Waals surface area contributed by atoms with E-state index < -0.39 is 12.0 Å². The average molecular weight is 483 g/mol. The largest absolute Gasteiger partial charge is 0.480 e. The summed E-state index contributed by atoms with van der Waals surface area (Å²) in [7, 11) is 0. The van der Waals surface area contributed by atoms with Crippen LogP contribution in [0.4, 0.5) is 0 Å². The maximum atomic E-state index is 11.3. The van der Waals surface area contributed by atoms with Crippen molar-refractivity contribution in [2.24, 2.45) is 0 Å². The number of nitrogens with zero attached hydrogens (tertiary/aromatic N) is 9. The molecule has 1 N–H and O–H groups in total. The zero-order valence-electron chi connectivity index (χ0n) is 15.9. The quantitative estimate of drug-likeness (QED) is 0.398. The summed E-state index contributed by atoms with van der Waals surface area (Å²) < 4.78 is 3.09. The third-order valence-electron chi connectivity index (χ3n) is 4.37. The van der Waals surface area contributed by atoms with E-state index in [1.165, 1.54) is 10.9 Å². The van der Waals surface area contributed by atoms with Crippen molar-refractivity contribution in [1.82, 2.24) is 45.0 Å². The van der Waals surface area contributed by atoms with E-state index in [4.69, 9.17) is 34.8 Å². The number of aromatic nitrogens is 9. The van der Waals surface area contributed by atoms with E-state index in [-0.39, 0.29) is 5.82 Å². The number of aliphatic carboxylic acids is 1. The molecule has 0 bridgehead atoms. The molecule has 3 aromatic heterocycles. The van der Waals surface area contributed by atoms with E-state index in [0.717, 1.165) is 10.4 Å². The van der Waals surface area contributed by atoms with Gasteiger partial charge in [-0.1, -0.05) is 46.9 Å². The van der Waals surface area contributed by atoms with Crippen molar-refractivity contribution in [3.63, 3.8) is 0 Å². The number of carboxylic acid groups (broad SMARTS) is 1. The molecular formula is C17H14Cl3N9O2. The van der Waals surface area contributed by atoms with Gasteiger partial charge in [0.2, 0.25) is 5.82 Å². The second-order valence-corrected chi connectivity index (χ2v) is 7.71. The van der Waals surface area contributed by atoms with Gasteiger partial charge in [0.1, 0.15) is 0 Å². The Labute approximate surface area is 190 Å². The molecule has 1 atom stereocenters. The maximum Gasteiger partial charge on any atom is 0.330 e. The van der Waals surface area contributed by atoms with Gasteiger partial charge in [0.25, 0.3) is 0 Å². The van der Waals surface area contributed by atoms with Gasteiger partial charge in [-0.3, -0.25) is 0 Å². The molecule has 0 aliphatic carbocycles. The first-order chi connectivity index (χ1) is 14.9. The number of tetrazole rings is 1. The minimum absolute atomic E-state index is 0.254. The predicted octanol–water partition coefficient (Wildman–Crippen LogP) is 3.16. The number of carbonyl (C=O) groups is 1. The molecule has 31 heavy (non-hydrogen) atoms. The summed E-state index contributed by atoms with van der Waals surface area (Å²) in [5.74, 6) is -0.312. The van der Waals surface area contributed by atoms with Gasteiger partial charge in [-0.15, -0.1) is 20.1 Å². The summed E-state index contributed by atoms with van der Waals surface area (Å²) in [5, 5.41) is 34.6. The molecule has 14 heteroatoms. The summed E-state index contributed by atoms with van der Waals surface area (Å²) in [6, 6.07) is 2.53. The number of hydrogen-bond donors (Lipinski definition) is 1. The lowest BCUT2D eigenvalue weighted by Crippen LogP contribution is -2.20. The Hall–Kier alpha value is -3.02. The van der Waals surface area contributed by atoms with E-state index >= 15 is 0 Å². The third-order valence-corrected chi connectivity index (χ3v) is 5.57. The summed E-state index contributed by atoms with van der Waals surface area (Å²) in [6.07, 6.45) is 5.20. The Morgan fingerprint density at radius 3 is 2.55 bits per heavy atom. The highest BCUT2D eigenvalue weighted by molar-refractivity contribution is 6.48. The minimum atomic E-state index is -1.03. The molecule has 4 aromatic rings. The van der Waals surface area contributed by atoms with Crippen LogP contribution >= 0.6 is 34.8 Å². The Bertz CT molecular complexity index is 1230. The average Bonchev–Trinajstić information content (AvgIpc) is 3.46. The van der Waals surface area contributed by atoms with Gasteiger partial charge in [0.05, 0.1) is 39.6 Å². The number of rotatable bonds is 7. The van der Waals surface area contributed by atoms with Gasteiger partial charge in [-0.25, -0.2) is 14.2 Å². The van der Waals surface area contributed by atoms with Crippen molar-refractivity contribution >= 4 is 40.8 Å². The number of benzene rings is 1. The highest BCUT2D eigenvalue weighted by Crippen LogP contribution is 2.31. The Kier molecular flexibility index (Phi) is 5.90. The molecule has 0 saturated carbocycles. The number of halogens is 3. The van der Waals surface area contributed by atoms with Crippen molar-refractivity contribution in [3.8, 4) is 17.2 Å². The molecule has 1 unspecified atom stereocenters. The molecule has 3 heterocycles. The van der Waals surface area contributed by atoms with Gasteiger partial charge in [-0.05, 0) is 29.3 Å². The van der Waals surface area contributed by atoms with Crippen LogP contribution in [0.25, 0.3) is 17.2 Å². The van der Waals surface area contributed by atoms with Crippen molar-refractivity contribution in [3.05, 3.63) is 51.4 Å². The van der Waals surface area contributed by atoms with Gasteiger partial charge < -0.3 is 5.11 Å². The molecular weight excluding hydrogens is 469 g/mol. The lowest BCUT2D eigenvalue weighted by atomic mass is 10.2. The first-order valence-corrected chi connectivity index (χ1v) is 10.1. The van der Waals surface area contributed by atoms with E-state index in [1.807, 2.05) is 0 Å². The van der Waals surface area contributed by atoms with Crippen LogP contribution in [0.2, 0.25) is 15.1 Å². The van der Waals surface area contributed by atoms with Crippen LogP contribution in [0, 0.1) is 0 Å². The molecule has 0 fully saturated rings. The third kappa shape index (κ3) is 4.38. The lowest BCUT2D eigenvalue weighted by Gasteiger charge is -2.05. The van der Waals surface area contributed by atoms with Crippen LogP contribution in [0.1, 0.15) is 24.9 Å². The normalized spacial score (nSPS) is 12.3. The summed E-state index contributed by atoms with van der Waals surface area (Å²) in [4.78, 5) is 12.3. The summed E-state index contributed by atoms with van der Waals surface area (Å²) in [5.41, 5.74) is 1.36. The molecule has 1 aromatic carbocycles. The molecule has 0 aliphatic heterocycles. The van der Waals surface area contributed by atoms with Gasteiger partial charge in [0.15, 0.2) is 11.9 Å². The molecule has 0 saturated heterocycles. The van der Waals surface area contributed by atoms with E-state index in [1.54, 1.807) is 36.1 Å². The molecule has 11 nitrogen and oxygen atoms in total. The Morgan fingerprint density at radius 2 is 1.87 bits per heavy atom. The SMILES string of the molecule is CCC(C(=O)O)n1nnc(-c2cnn(-c3cn(Cc4cc(Cl)c(Cl)c(Cl)c4)nn3)c2)n1. The fourth-order valence-corrected chi connectivity index (χ4v) is 3.47. The van der Waals surface area contributed by atoms with Crippen molar-refractivity contribution in [1.29, 1.82) is 0 Å². The zero-order valence-corrected chi connectivity index (χ0v) is 18.2. The second-order valence-electron chi connectivity index (χ2n) is 6.52. The van der Waals surface area contributed by atoms with E-state index in [9.17, 15) is 9.90 Å². The zero-order chi connectivity index (χ0) is 22.1. The molecule has 0 amide bonds. The maximum absolute atomic E-state index is 11.3. The highest BCUT2D eigenvalue weighted by Gasteiger charge is 2.21. The standard InChI is InChI=1S/C17H14Cl3N9O2/c1-2-13(17(30)31)29-24-16(23-26-29)10-5-21-28(7-10)14-8-27(25-22-14)6-9-3-11(18)15(20)12(19)4-9/h3-5,7-8,13H,2,6H2,1H3,(H,30,31). The number of carboxylic acids is 1. The first kappa shape index (κ1) is 21.2. The van der Waals surface area contributed by atoms with Crippen LogP contribution in [-0.2, 0) is 11.3 Å². The number of hydrogen-bond acceptors (Lipinski definition) is 7. The van der Waals surface area contributed by atoms with Crippen LogP contribution in [0.5, 0.6) is 0 Å². The Morgan fingerprint density at radius 1 is 1.13 bits per heavy atom. The first-order valence-electron chi connectivity index (χ1n) is 8.97. The van der Waals surface area contributed by atoms with Crippen LogP contribution in [0.15, 0.2) is 30.7 Å². The molecule has 160 valence electrons. The van der Waals surface area contributed by atoms with E-state index in [0.29, 0.717) is 39.4 Å². The van der Waals surface area contributed by atoms with Crippen LogP contribution in [-0.4, -0.2) is 56.1 Å². The summed E-state index contributed by atoms with van der Waals surface area (Å²) in [6.45, 7) is 2.11. The van der Waals surface area contributed by atoms with E-state index in [2.05, 4.69) is 30.8 Å². The molecule has 0 aliphatic rings. The van der Waals surface area contributed by atoms with Gasteiger partial charge >= 0.3 is 5.97 Å². The molecule has 0 radical (unpaired) electrons. The molecule has 4 rings (SSSR count). The van der Waals surface area contributed by atoms with Crippen molar-refractivity contribution < 1.29 is 9.90 Å². The summed E-state index contributed by atoms with van der Waals surface area (Å²) >= 11 is 18.1. The Balaban J connectivity index is 1.52. The fraction of sp³-hybridized carbons (Fsp3) is 0.235. The van der Waals surface area contributed by atoms with Gasteiger partial charge in [-0.2, -0.15) is 5.10 Å². The topological polar surface area (TPSA) is 129 Å². The van der Waals surface area contributed by atoms with Crippen LogP contribution in [0.3, 0.4) is 0 Å². The predicted molar refractivity (Wildman–Crippen MR) is 111 cm³/mol.